The Balaban J connectivity index is 1.82. The van der Waals surface area contributed by atoms with Gasteiger partial charge in [-0.3, -0.25) is 0 Å². The third-order valence-corrected chi connectivity index (χ3v) is 4.73. The van der Waals surface area contributed by atoms with Crippen LogP contribution in [0.25, 0.3) is 16.9 Å². The van der Waals surface area contributed by atoms with E-state index in [9.17, 15) is 4.79 Å². The minimum Gasteiger partial charge on any atom is -0.497 e. The molecule has 0 atom stereocenters. The van der Waals surface area contributed by atoms with Gasteiger partial charge in [-0.2, -0.15) is 5.10 Å². The smallest absolute Gasteiger partial charge is 0.407 e. The molecule has 164 valence electrons. The Morgan fingerprint density at radius 2 is 1.71 bits per heavy atom. The normalized spacial score (nSPS) is 11.5. The lowest BCUT2D eigenvalue weighted by atomic mass is 10.1. The van der Waals surface area contributed by atoms with Crippen LogP contribution in [-0.2, 0) is 11.3 Å². The summed E-state index contributed by atoms with van der Waals surface area (Å²) in [5.74, 6) is 1.12. The van der Waals surface area contributed by atoms with Crippen molar-refractivity contribution in [2.24, 2.45) is 0 Å². The number of ether oxygens (including phenoxy) is 2. The molecule has 3 rings (SSSR count). The fourth-order valence-corrected chi connectivity index (χ4v) is 3.07. The van der Waals surface area contributed by atoms with Crippen LogP contribution in [0.1, 0.15) is 51.8 Å². The van der Waals surface area contributed by atoms with E-state index in [0.717, 1.165) is 34.0 Å². The van der Waals surface area contributed by atoms with Crippen molar-refractivity contribution < 1.29 is 14.3 Å². The van der Waals surface area contributed by atoms with Crippen molar-refractivity contribution in [2.45, 2.75) is 52.7 Å². The Morgan fingerprint density at radius 3 is 2.26 bits per heavy atom. The van der Waals surface area contributed by atoms with E-state index in [-0.39, 0.29) is 12.1 Å². The van der Waals surface area contributed by atoms with Gasteiger partial charge in [0.05, 0.1) is 24.2 Å². The van der Waals surface area contributed by atoms with Crippen LogP contribution in [0.5, 0.6) is 5.75 Å². The molecule has 31 heavy (non-hydrogen) atoms. The molecule has 1 N–H and O–H groups in total. The fraction of sp³-hybridized carbons (Fsp3) is 0.360. The molecule has 0 radical (unpaired) electrons. The van der Waals surface area contributed by atoms with Crippen molar-refractivity contribution in [3.63, 3.8) is 0 Å². The number of benzene rings is 2. The molecule has 0 spiro atoms. The highest BCUT2D eigenvalue weighted by molar-refractivity contribution is 5.68. The van der Waals surface area contributed by atoms with Crippen LogP contribution in [0, 0.1) is 0 Å². The zero-order chi connectivity index (χ0) is 22.6. The molecule has 0 aliphatic rings. The molecule has 0 unspecified atom stereocenters. The molecule has 1 heterocycles. The second-order valence-corrected chi connectivity index (χ2v) is 8.87. The first-order chi connectivity index (χ1) is 14.7. The fourth-order valence-electron chi connectivity index (χ4n) is 3.07. The monoisotopic (exact) mass is 421 g/mol. The van der Waals surface area contributed by atoms with Gasteiger partial charge in [0.15, 0.2) is 0 Å². The number of carbonyl (C=O) groups is 1. The lowest BCUT2D eigenvalue weighted by Crippen LogP contribution is -2.40. The minimum absolute atomic E-state index is 0.219. The molecular formula is C25H31N3O3. The number of aromatic nitrogens is 2. The number of amides is 1. The van der Waals surface area contributed by atoms with E-state index in [1.165, 1.54) is 0 Å². The van der Waals surface area contributed by atoms with Crippen LogP contribution in [-0.4, -0.2) is 28.5 Å². The number of rotatable bonds is 6. The third kappa shape index (κ3) is 5.87. The predicted octanol–water partition coefficient (Wildman–Crippen LogP) is 5.70. The summed E-state index contributed by atoms with van der Waals surface area (Å²) in [6.45, 7) is 10.2. The van der Waals surface area contributed by atoms with Gasteiger partial charge < -0.3 is 14.8 Å². The van der Waals surface area contributed by atoms with Crippen LogP contribution in [0.3, 0.4) is 0 Å². The van der Waals surface area contributed by atoms with Crippen molar-refractivity contribution in [2.75, 3.05) is 7.11 Å². The molecule has 0 fully saturated rings. The quantitative estimate of drug-likeness (QED) is 0.555. The van der Waals surface area contributed by atoms with E-state index in [4.69, 9.17) is 14.6 Å². The second-order valence-electron chi connectivity index (χ2n) is 8.87. The molecule has 2 aromatic carbocycles. The SMILES string of the molecule is COc1ccc(-n2nc(C(C)C)cc2-c2ccc(COC(=O)NC(C)(C)C)cc2)cc1. The molecule has 1 aromatic heterocycles. The molecule has 0 saturated heterocycles. The van der Waals surface area contributed by atoms with Crippen LogP contribution in [0.15, 0.2) is 54.6 Å². The zero-order valence-electron chi connectivity index (χ0n) is 19.1. The number of nitrogens with one attached hydrogen (secondary N) is 1. The second kappa shape index (κ2) is 9.25. The standard InChI is InChI=1S/C25H31N3O3/c1-17(2)22-15-23(28(27-22)20-11-13-21(30-6)14-12-20)19-9-7-18(8-10-19)16-31-24(29)26-25(3,4)5/h7-15,17H,16H2,1-6H3,(H,26,29). The van der Waals surface area contributed by atoms with Gasteiger partial charge in [0.1, 0.15) is 12.4 Å². The molecule has 6 heteroatoms. The summed E-state index contributed by atoms with van der Waals surface area (Å²) in [7, 11) is 1.66. The number of nitrogens with zero attached hydrogens (tertiary/aromatic N) is 2. The number of carbonyl (C=O) groups excluding carboxylic acids is 1. The first-order valence-electron chi connectivity index (χ1n) is 10.4. The molecule has 6 nitrogen and oxygen atoms in total. The average molecular weight is 422 g/mol. The maximum Gasteiger partial charge on any atom is 0.407 e. The summed E-state index contributed by atoms with van der Waals surface area (Å²) in [6.07, 6.45) is -0.421. The van der Waals surface area contributed by atoms with E-state index in [2.05, 4.69) is 25.2 Å². The van der Waals surface area contributed by atoms with Crippen LogP contribution >= 0.6 is 0 Å². The van der Waals surface area contributed by atoms with Crippen molar-refractivity contribution in [3.8, 4) is 22.7 Å². The van der Waals surface area contributed by atoms with Crippen molar-refractivity contribution in [1.29, 1.82) is 0 Å². The number of hydrogen-bond donors (Lipinski definition) is 1. The lowest BCUT2D eigenvalue weighted by Gasteiger charge is -2.20. The molecule has 0 aliphatic heterocycles. The topological polar surface area (TPSA) is 65.4 Å². The van der Waals surface area contributed by atoms with Gasteiger partial charge in [0, 0.05) is 11.1 Å². The summed E-state index contributed by atoms with van der Waals surface area (Å²) in [5, 5.41) is 7.62. The molecule has 3 aromatic rings. The van der Waals surface area contributed by atoms with Crippen molar-refractivity contribution in [1.82, 2.24) is 15.1 Å². The van der Waals surface area contributed by atoms with Gasteiger partial charge in [-0.1, -0.05) is 38.1 Å². The Labute approximate surface area is 184 Å². The van der Waals surface area contributed by atoms with Crippen molar-refractivity contribution in [3.05, 3.63) is 65.9 Å². The third-order valence-electron chi connectivity index (χ3n) is 4.73. The van der Waals surface area contributed by atoms with Crippen LogP contribution < -0.4 is 10.1 Å². The Morgan fingerprint density at radius 1 is 1.06 bits per heavy atom. The summed E-state index contributed by atoms with van der Waals surface area (Å²) < 4.78 is 12.5. The molecule has 0 bridgehead atoms. The van der Waals surface area contributed by atoms with Gasteiger partial charge >= 0.3 is 6.09 Å². The van der Waals surface area contributed by atoms with Gasteiger partial charge in [-0.25, -0.2) is 9.48 Å². The number of hydrogen-bond acceptors (Lipinski definition) is 4. The highest BCUT2D eigenvalue weighted by atomic mass is 16.5. The highest BCUT2D eigenvalue weighted by Gasteiger charge is 2.16. The first-order valence-corrected chi connectivity index (χ1v) is 10.4. The van der Waals surface area contributed by atoms with Gasteiger partial charge in [-0.15, -0.1) is 0 Å². The summed E-state index contributed by atoms with van der Waals surface area (Å²) in [6, 6.07) is 18.0. The largest absolute Gasteiger partial charge is 0.497 e. The predicted molar refractivity (Wildman–Crippen MR) is 123 cm³/mol. The lowest BCUT2D eigenvalue weighted by molar-refractivity contribution is 0.131. The molecule has 0 saturated carbocycles. The van der Waals surface area contributed by atoms with E-state index >= 15 is 0 Å². The summed E-state index contributed by atoms with van der Waals surface area (Å²) in [4.78, 5) is 11.9. The van der Waals surface area contributed by atoms with E-state index < -0.39 is 6.09 Å². The van der Waals surface area contributed by atoms with Gasteiger partial charge in [0.2, 0.25) is 0 Å². The minimum atomic E-state index is -0.421. The Kier molecular flexibility index (Phi) is 6.68. The maximum atomic E-state index is 11.9. The Bertz CT molecular complexity index is 1010. The number of methoxy groups -OCH3 is 1. The summed E-state index contributed by atoms with van der Waals surface area (Å²) >= 11 is 0. The van der Waals surface area contributed by atoms with E-state index in [1.807, 2.05) is 74.0 Å². The molecule has 0 aliphatic carbocycles. The molecule has 1 amide bonds. The van der Waals surface area contributed by atoms with Crippen LogP contribution in [0.2, 0.25) is 0 Å². The molecular weight excluding hydrogens is 390 g/mol. The van der Waals surface area contributed by atoms with Crippen LogP contribution in [0.4, 0.5) is 4.79 Å². The summed E-state index contributed by atoms with van der Waals surface area (Å²) in [5.41, 5.74) is 4.64. The van der Waals surface area contributed by atoms with Gasteiger partial charge in [-0.05, 0) is 62.6 Å². The van der Waals surface area contributed by atoms with Gasteiger partial charge in [0.25, 0.3) is 0 Å². The average Bonchev–Trinajstić information content (AvgIpc) is 3.17. The van der Waals surface area contributed by atoms with E-state index in [1.54, 1.807) is 7.11 Å². The van der Waals surface area contributed by atoms with Crippen molar-refractivity contribution >= 4 is 6.09 Å². The van der Waals surface area contributed by atoms with E-state index in [0.29, 0.717) is 5.92 Å². The Hall–Kier alpha value is -3.28. The zero-order valence-corrected chi connectivity index (χ0v) is 19.1. The first kappa shape index (κ1) is 22.4. The number of alkyl carbamates (subject to hydrolysis) is 1. The highest BCUT2D eigenvalue weighted by Crippen LogP contribution is 2.28. The maximum absolute atomic E-state index is 11.9.